The second-order valence-electron chi connectivity index (χ2n) is 8.78. The molecule has 2 unspecified atom stereocenters. The van der Waals surface area contributed by atoms with Crippen LogP contribution in [-0.2, 0) is 17.8 Å². The Hall–Kier alpha value is -2.17. The monoisotopic (exact) mass is 393 g/mol. The Morgan fingerprint density at radius 3 is 2.34 bits per heavy atom. The van der Waals surface area contributed by atoms with Gasteiger partial charge in [-0.1, -0.05) is 62.4 Å². The molecule has 1 aliphatic heterocycles. The minimum atomic E-state index is -0.497. The first-order valence-electron chi connectivity index (χ1n) is 10.9. The van der Waals surface area contributed by atoms with Crippen molar-refractivity contribution >= 4 is 5.91 Å². The van der Waals surface area contributed by atoms with E-state index in [2.05, 4.69) is 60.5 Å². The van der Waals surface area contributed by atoms with Gasteiger partial charge in [0.25, 0.3) is 0 Å². The van der Waals surface area contributed by atoms with E-state index in [4.69, 9.17) is 5.73 Å². The van der Waals surface area contributed by atoms with Crippen LogP contribution in [-0.4, -0.2) is 23.9 Å². The fraction of sp³-hybridized carbons (Fsp3) is 0.480. The highest BCUT2D eigenvalue weighted by atomic mass is 16.2. The molecule has 4 nitrogen and oxygen atoms in total. The number of hydrogen-bond donors (Lipinski definition) is 2. The summed E-state index contributed by atoms with van der Waals surface area (Å²) in [6.07, 6.45) is 3.13. The fourth-order valence-electron chi connectivity index (χ4n) is 4.01. The van der Waals surface area contributed by atoms with E-state index in [1.165, 1.54) is 37.1 Å². The highest BCUT2D eigenvalue weighted by Crippen LogP contribution is 2.20. The van der Waals surface area contributed by atoms with Gasteiger partial charge in [-0.05, 0) is 67.4 Å². The lowest BCUT2D eigenvalue weighted by Crippen LogP contribution is -2.36. The van der Waals surface area contributed by atoms with Crippen LogP contribution in [0.3, 0.4) is 0 Å². The molecule has 2 atom stereocenters. The first-order chi connectivity index (χ1) is 13.9. The van der Waals surface area contributed by atoms with Crippen LogP contribution >= 0.6 is 0 Å². The molecule has 3 N–H and O–H groups in total. The topological polar surface area (TPSA) is 58.4 Å². The molecule has 3 rings (SSSR count). The summed E-state index contributed by atoms with van der Waals surface area (Å²) in [5.41, 5.74) is 10.9. The Bertz CT molecular complexity index is 794. The van der Waals surface area contributed by atoms with Crippen molar-refractivity contribution in [1.82, 2.24) is 10.2 Å². The molecular weight excluding hydrogens is 358 g/mol. The summed E-state index contributed by atoms with van der Waals surface area (Å²) < 4.78 is 0. The second kappa shape index (κ2) is 10.0. The molecule has 0 spiro atoms. The number of hydrogen-bond acceptors (Lipinski definition) is 3. The van der Waals surface area contributed by atoms with Gasteiger partial charge in [0.15, 0.2) is 0 Å². The zero-order valence-electron chi connectivity index (χ0n) is 18.0. The zero-order valence-corrected chi connectivity index (χ0v) is 18.0. The van der Waals surface area contributed by atoms with Crippen LogP contribution in [0.1, 0.15) is 68.0 Å². The van der Waals surface area contributed by atoms with E-state index < -0.39 is 6.17 Å². The summed E-state index contributed by atoms with van der Waals surface area (Å²) in [6, 6.07) is 16.6. The number of nitrogens with two attached hydrogens (primary N) is 1. The quantitative estimate of drug-likeness (QED) is 0.655. The number of amides is 1. The van der Waals surface area contributed by atoms with Crippen molar-refractivity contribution in [3.8, 4) is 0 Å². The van der Waals surface area contributed by atoms with E-state index >= 15 is 0 Å². The third kappa shape index (κ3) is 6.15. The number of nitrogens with zero attached hydrogens (tertiary/aromatic N) is 1. The number of likely N-dealkylation sites (tertiary alicyclic amines) is 1. The van der Waals surface area contributed by atoms with Gasteiger partial charge in [-0.25, -0.2) is 0 Å². The van der Waals surface area contributed by atoms with Crippen molar-refractivity contribution in [2.45, 2.75) is 58.7 Å². The molecule has 1 fully saturated rings. The average molecular weight is 394 g/mol. The Labute approximate surface area is 175 Å². The van der Waals surface area contributed by atoms with E-state index in [-0.39, 0.29) is 11.8 Å². The fourth-order valence-corrected chi connectivity index (χ4v) is 4.01. The van der Waals surface area contributed by atoms with E-state index in [0.29, 0.717) is 5.92 Å². The molecule has 1 aliphatic rings. The van der Waals surface area contributed by atoms with Crippen LogP contribution in [0.2, 0.25) is 0 Å². The molecule has 0 aliphatic carbocycles. The van der Waals surface area contributed by atoms with Crippen molar-refractivity contribution in [3.63, 3.8) is 0 Å². The van der Waals surface area contributed by atoms with E-state index in [1.54, 1.807) is 0 Å². The molecule has 0 bridgehead atoms. The maximum Gasteiger partial charge on any atom is 0.228 e. The third-order valence-electron chi connectivity index (χ3n) is 5.73. The maximum absolute atomic E-state index is 12.8. The van der Waals surface area contributed by atoms with Gasteiger partial charge in [-0.3, -0.25) is 9.69 Å². The molecule has 0 aromatic heterocycles. The van der Waals surface area contributed by atoms with Crippen molar-refractivity contribution in [2.24, 2.45) is 11.7 Å². The van der Waals surface area contributed by atoms with Crippen LogP contribution in [0, 0.1) is 5.92 Å². The number of carbonyl (C=O) groups excluding carboxylic acids is 1. The summed E-state index contributed by atoms with van der Waals surface area (Å²) in [5, 5.41) is 2.99. The van der Waals surface area contributed by atoms with Crippen molar-refractivity contribution in [1.29, 1.82) is 0 Å². The molecule has 2 aromatic rings. The van der Waals surface area contributed by atoms with Gasteiger partial charge >= 0.3 is 0 Å². The van der Waals surface area contributed by atoms with Gasteiger partial charge < -0.3 is 11.1 Å². The number of nitrogens with one attached hydrogen (secondary N) is 1. The maximum atomic E-state index is 12.8. The van der Waals surface area contributed by atoms with E-state index in [0.717, 1.165) is 24.1 Å². The van der Waals surface area contributed by atoms with Gasteiger partial charge in [0.05, 0.1) is 5.92 Å². The van der Waals surface area contributed by atoms with E-state index in [1.807, 2.05) is 19.1 Å². The summed E-state index contributed by atoms with van der Waals surface area (Å²) in [4.78, 5) is 15.2. The molecule has 156 valence electrons. The van der Waals surface area contributed by atoms with Crippen LogP contribution in [0.5, 0.6) is 0 Å². The lowest BCUT2D eigenvalue weighted by Gasteiger charge is -2.20. The summed E-state index contributed by atoms with van der Waals surface area (Å²) in [7, 11) is 0. The largest absolute Gasteiger partial charge is 0.336 e. The van der Waals surface area contributed by atoms with Crippen molar-refractivity contribution in [3.05, 3.63) is 70.8 Å². The predicted molar refractivity (Wildman–Crippen MR) is 119 cm³/mol. The van der Waals surface area contributed by atoms with Gasteiger partial charge in [0.1, 0.15) is 6.17 Å². The van der Waals surface area contributed by atoms with Crippen LogP contribution < -0.4 is 11.1 Å². The van der Waals surface area contributed by atoms with Crippen LogP contribution in [0.4, 0.5) is 0 Å². The highest BCUT2D eigenvalue weighted by Gasteiger charge is 2.19. The molecule has 29 heavy (non-hydrogen) atoms. The summed E-state index contributed by atoms with van der Waals surface area (Å²) >= 11 is 0. The second-order valence-corrected chi connectivity index (χ2v) is 8.78. The third-order valence-corrected chi connectivity index (χ3v) is 5.73. The minimum Gasteiger partial charge on any atom is -0.336 e. The molecule has 1 saturated heterocycles. The van der Waals surface area contributed by atoms with Gasteiger partial charge in [0, 0.05) is 6.54 Å². The van der Waals surface area contributed by atoms with E-state index in [9.17, 15) is 4.79 Å². The predicted octanol–water partition coefficient (Wildman–Crippen LogP) is 4.36. The minimum absolute atomic E-state index is 0.0425. The summed E-state index contributed by atoms with van der Waals surface area (Å²) in [5.74, 6) is 0.349. The lowest BCUT2D eigenvalue weighted by molar-refractivity contribution is -0.122. The normalized spacial score (nSPS) is 16.7. The molecule has 1 heterocycles. The Kier molecular flexibility index (Phi) is 7.45. The molecule has 4 heteroatoms. The van der Waals surface area contributed by atoms with Crippen LogP contribution in [0.15, 0.2) is 48.5 Å². The number of rotatable bonds is 8. The van der Waals surface area contributed by atoms with Gasteiger partial charge in [0.2, 0.25) is 5.91 Å². The smallest absolute Gasteiger partial charge is 0.228 e. The zero-order chi connectivity index (χ0) is 20.8. The number of carbonyl (C=O) groups is 1. The number of benzene rings is 2. The molecule has 0 saturated carbocycles. The Morgan fingerprint density at radius 1 is 1.00 bits per heavy atom. The highest BCUT2D eigenvalue weighted by molar-refractivity contribution is 5.83. The first kappa shape index (κ1) is 21.5. The van der Waals surface area contributed by atoms with Gasteiger partial charge in [-0.15, -0.1) is 0 Å². The SMILES string of the molecule is CC(C)Cc1ccc(C(C)C(=O)NC(N)c2cccc(CN3CCCC3)c2)cc1. The molecule has 2 aromatic carbocycles. The van der Waals surface area contributed by atoms with Crippen LogP contribution in [0.25, 0.3) is 0 Å². The molecule has 1 amide bonds. The molecular formula is C25H35N3O. The van der Waals surface area contributed by atoms with Gasteiger partial charge in [-0.2, -0.15) is 0 Å². The van der Waals surface area contributed by atoms with Crippen molar-refractivity contribution in [2.75, 3.05) is 13.1 Å². The standard InChI is InChI=1S/C25H35N3O/c1-18(2)15-20-9-11-22(12-10-20)19(3)25(29)27-24(26)23-8-6-7-21(16-23)17-28-13-4-5-14-28/h6-12,16,18-19,24H,4-5,13-15,17,26H2,1-3H3,(H,27,29). The Balaban J connectivity index is 1.59. The Morgan fingerprint density at radius 2 is 1.69 bits per heavy atom. The van der Waals surface area contributed by atoms with Crippen molar-refractivity contribution < 1.29 is 4.79 Å². The first-order valence-corrected chi connectivity index (χ1v) is 10.9. The lowest BCUT2D eigenvalue weighted by atomic mass is 9.96. The summed E-state index contributed by atoms with van der Waals surface area (Å²) in [6.45, 7) is 9.65. The molecule has 0 radical (unpaired) electrons. The average Bonchev–Trinajstić information content (AvgIpc) is 3.20.